The van der Waals surface area contributed by atoms with E-state index in [9.17, 15) is 4.79 Å². The van der Waals surface area contributed by atoms with Gasteiger partial charge >= 0.3 is 0 Å². The summed E-state index contributed by atoms with van der Waals surface area (Å²) in [5, 5.41) is 9.73. The maximum atomic E-state index is 12.4. The summed E-state index contributed by atoms with van der Waals surface area (Å²) >= 11 is 0. The molecule has 0 radical (unpaired) electrons. The number of carbonyl (C=O) groups is 1. The van der Waals surface area contributed by atoms with Crippen molar-refractivity contribution in [2.45, 2.75) is 58.8 Å². The molecule has 0 fully saturated rings. The van der Waals surface area contributed by atoms with E-state index in [4.69, 9.17) is 0 Å². The molecule has 0 aliphatic rings. The molecule has 0 aromatic heterocycles. The zero-order chi connectivity index (χ0) is 23.6. The predicted octanol–water partition coefficient (Wildman–Crippen LogP) is 4.41. The van der Waals surface area contributed by atoms with Gasteiger partial charge in [0.2, 0.25) is 0 Å². The van der Waals surface area contributed by atoms with Gasteiger partial charge in [-0.25, -0.2) is 0 Å². The highest BCUT2D eigenvalue weighted by molar-refractivity contribution is 14.0. The Morgan fingerprint density at radius 2 is 1.70 bits per heavy atom. The van der Waals surface area contributed by atoms with Crippen LogP contribution in [0.4, 0.5) is 0 Å². The molecule has 2 aromatic carbocycles. The maximum absolute atomic E-state index is 12.4. The maximum Gasteiger partial charge on any atom is 0.251 e. The van der Waals surface area contributed by atoms with Crippen LogP contribution in [0, 0.1) is 0 Å². The van der Waals surface area contributed by atoms with Crippen LogP contribution < -0.4 is 16.0 Å². The molecule has 2 rings (SSSR count). The van der Waals surface area contributed by atoms with Crippen LogP contribution in [-0.4, -0.2) is 49.0 Å². The number of aliphatic imine (C=N–C) groups is 1. The van der Waals surface area contributed by atoms with E-state index in [2.05, 4.69) is 64.1 Å². The summed E-state index contributed by atoms with van der Waals surface area (Å²) in [5.74, 6) is 0.697. The Hall–Kier alpha value is -2.13. The highest BCUT2D eigenvalue weighted by Gasteiger charge is 2.15. The average molecular weight is 566 g/mol. The first-order chi connectivity index (χ1) is 15.2. The number of hydrogen-bond donors (Lipinski definition) is 3. The summed E-state index contributed by atoms with van der Waals surface area (Å²) in [6.45, 7) is 10.5. The average Bonchev–Trinajstić information content (AvgIpc) is 2.75. The molecule has 0 spiro atoms. The summed E-state index contributed by atoms with van der Waals surface area (Å²) in [5.41, 5.74) is 2.76. The monoisotopic (exact) mass is 565 g/mol. The first-order valence-electron chi connectivity index (χ1n) is 11.3. The number of halogens is 1. The molecule has 2 aromatic rings. The van der Waals surface area contributed by atoms with Gasteiger partial charge in [-0.2, -0.15) is 0 Å². The highest BCUT2D eigenvalue weighted by atomic mass is 127. The van der Waals surface area contributed by atoms with Crippen LogP contribution in [0.25, 0.3) is 0 Å². The highest BCUT2D eigenvalue weighted by Crippen LogP contribution is 2.09. The second kappa shape index (κ2) is 14.2. The summed E-state index contributed by atoms with van der Waals surface area (Å²) in [4.78, 5) is 19.1. The molecule has 7 heteroatoms. The van der Waals surface area contributed by atoms with E-state index < -0.39 is 0 Å². The van der Waals surface area contributed by atoms with Crippen LogP contribution in [0.2, 0.25) is 0 Å². The van der Waals surface area contributed by atoms with Crippen molar-refractivity contribution < 1.29 is 4.79 Å². The third-order valence-corrected chi connectivity index (χ3v) is 5.24. The Kier molecular flexibility index (Phi) is 12.4. The third kappa shape index (κ3) is 11.0. The molecule has 182 valence electrons. The SMILES string of the molecule is CN=C(NCCC(C)N(C)Cc1ccccc1)NCc1cccc(C(=O)NC(C)(C)C)c1.I. The fourth-order valence-electron chi connectivity index (χ4n) is 3.29. The Bertz CT molecular complexity index is 880. The van der Waals surface area contributed by atoms with E-state index in [0.717, 1.165) is 31.0 Å². The number of guanidine groups is 1. The van der Waals surface area contributed by atoms with Gasteiger partial charge in [0.1, 0.15) is 0 Å². The van der Waals surface area contributed by atoms with E-state index in [1.165, 1.54) is 5.56 Å². The lowest BCUT2D eigenvalue weighted by Crippen LogP contribution is -2.40. The first-order valence-corrected chi connectivity index (χ1v) is 11.3. The van der Waals surface area contributed by atoms with Gasteiger partial charge in [0.15, 0.2) is 5.96 Å². The first kappa shape index (κ1) is 28.9. The van der Waals surface area contributed by atoms with E-state index in [1.807, 2.05) is 51.1 Å². The third-order valence-electron chi connectivity index (χ3n) is 5.24. The summed E-state index contributed by atoms with van der Waals surface area (Å²) in [6, 6.07) is 18.7. The van der Waals surface area contributed by atoms with Crippen LogP contribution in [0.1, 0.15) is 55.6 Å². The van der Waals surface area contributed by atoms with Crippen molar-refractivity contribution in [3.63, 3.8) is 0 Å². The van der Waals surface area contributed by atoms with Gasteiger partial charge < -0.3 is 16.0 Å². The molecular formula is C26H40IN5O. The van der Waals surface area contributed by atoms with Crippen LogP contribution in [-0.2, 0) is 13.1 Å². The number of nitrogens with zero attached hydrogens (tertiary/aromatic N) is 2. The lowest BCUT2D eigenvalue weighted by molar-refractivity contribution is 0.0919. The van der Waals surface area contributed by atoms with Crippen molar-refractivity contribution in [2.75, 3.05) is 20.6 Å². The van der Waals surface area contributed by atoms with Crippen molar-refractivity contribution in [3.05, 3.63) is 71.3 Å². The number of hydrogen-bond acceptors (Lipinski definition) is 3. The lowest BCUT2D eigenvalue weighted by atomic mass is 10.1. The molecule has 0 bridgehead atoms. The van der Waals surface area contributed by atoms with Gasteiger partial charge in [-0.1, -0.05) is 42.5 Å². The van der Waals surface area contributed by atoms with E-state index in [1.54, 1.807) is 7.05 Å². The van der Waals surface area contributed by atoms with Crippen LogP contribution in [0.5, 0.6) is 0 Å². The number of carbonyl (C=O) groups excluding carboxylic acids is 1. The molecule has 3 N–H and O–H groups in total. The summed E-state index contributed by atoms with van der Waals surface area (Å²) in [6.07, 6.45) is 1.01. The molecule has 1 amide bonds. The molecule has 6 nitrogen and oxygen atoms in total. The number of nitrogens with one attached hydrogen (secondary N) is 3. The fourth-order valence-corrected chi connectivity index (χ4v) is 3.29. The van der Waals surface area contributed by atoms with Gasteiger partial charge in [0, 0.05) is 43.8 Å². The molecule has 0 heterocycles. The van der Waals surface area contributed by atoms with Crippen molar-refractivity contribution in [1.82, 2.24) is 20.9 Å². The van der Waals surface area contributed by atoms with Gasteiger partial charge in [0.05, 0.1) is 0 Å². The number of amides is 1. The standard InChI is InChI=1S/C26H39N5O.HI/c1-20(31(6)19-21-11-8-7-9-12-21)15-16-28-25(27-5)29-18-22-13-10-14-23(17-22)24(32)30-26(2,3)4;/h7-14,17,20H,15-16,18-19H2,1-6H3,(H,30,32)(H2,27,28,29);1H. The largest absolute Gasteiger partial charge is 0.356 e. The molecule has 33 heavy (non-hydrogen) atoms. The summed E-state index contributed by atoms with van der Waals surface area (Å²) in [7, 11) is 3.93. The van der Waals surface area contributed by atoms with E-state index >= 15 is 0 Å². The zero-order valence-corrected chi connectivity index (χ0v) is 23.1. The Labute approximate surface area is 216 Å². The molecule has 0 aliphatic carbocycles. The number of benzene rings is 2. The zero-order valence-electron chi connectivity index (χ0n) is 20.8. The summed E-state index contributed by atoms with van der Waals surface area (Å²) < 4.78 is 0. The quantitative estimate of drug-likeness (QED) is 0.240. The smallest absolute Gasteiger partial charge is 0.251 e. The minimum Gasteiger partial charge on any atom is -0.356 e. The van der Waals surface area contributed by atoms with Gasteiger partial charge in [-0.15, -0.1) is 24.0 Å². The van der Waals surface area contributed by atoms with E-state index in [0.29, 0.717) is 18.2 Å². The van der Waals surface area contributed by atoms with Gasteiger partial charge in [-0.3, -0.25) is 14.7 Å². The number of rotatable bonds is 9. The Morgan fingerprint density at radius 3 is 2.33 bits per heavy atom. The van der Waals surface area contributed by atoms with Crippen LogP contribution in [0.15, 0.2) is 59.6 Å². The fraction of sp³-hybridized carbons (Fsp3) is 0.462. The Balaban J connectivity index is 0.00000544. The van der Waals surface area contributed by atoms with Gasteiger partial charge in [0.25, 0.3) is 5.91 Å². The van der Waals surface area contributed by atoms with Crippen molar-refractivity contribution in [2.24, 2.45) is 4.99 Å². The molecule has 0 aliphatic heterocycles. The lowest BCUT2D eigenvalue weighted by Gasteiger charge is -2.25. The molecule has 1 unspecified atom stereocenters. The molecule has 0 saturated carbocycles. The van der Waals surface area contributed by atoms with Crippen molar-refractivity contribution in [1.29, 1.82) is 0 Å². The van der Waals surface area contributed by atoms with Crippen LogP contribution >= 0.6 is 24.0 Å². The Morgan fingerprint density at radius 1 is 1.03 bits per heavy atom. The second-order valence-electron chi connectivity index (χ2n) is 9.30. The minimum atomic E-state index is -0.260. The second-order valence-corrected chi connectivity index (χ2v) is 9.30. The predicted molar refractivity (Wildman–Crippen MR) is 149 cm³/mol. The van der Waals surface area contributed by atoms with Crippen molar-refractivity contribution >= 4 is 35.8 Å². The normalized spacial score (nSPS) is 12.6. The van der Waals surface area contributed by atoms with Crippen molar-refractivity contribution in [3.8, 4) is 0 Å². The molecule has 0 saturated heterocycles. The minimum absolute atomic E-state index is 0. The van der Waals surface area contributed by atoms with E-state index in [-0.39, 0.29) is 35.4 Å². The molecule has 1 atom stereocenters. The topological polar surface area (TPSA) is 68.8 Å². The van der Waals surface area contributed by atoms with Gasteiger partial charge in [-0.05, 0) is 64.4 Å². The van der Waals surface area contributed by atoms with Crippen LogP contribution in [0.3, 0.4) is 0 Å². The molecular weight excluding hydrogens is 525 g/mol.